The van der Waals surface area contributed by atoms with Crippen molar-refractivity contribution in [2.45, 2.75) is 50.8 Å². The Balaban J connectivity index is 1.58. The van der Waals surface area contributed by atoms with Crippen LogP contribution in [0.3, 0.4) is 0 Å². The van der Waals surface area contributed by atoms with Crippen LogP contribution >= 0.6 is 0 Å². The molecule has 0 saturated carbocycles. The summed E-state index contributed by atoms with van der Waals surface area (Å²) in [5.74, 6) is 0. The Bertz CT molecular complexity index is 924. The highest BCUT2D eigenvalue weighted by Crippen LogP contribution is 2.26. The van der Waals surface area contributed by atoms with E-state index in [-0.39, 0.29) is 32.8 Å². The zero-order valence-electron chi connectivity index (χ0n) is 16.5. The predicted molar refractivity (Wildman–Crippen MR) is 103 cm³/mol. The van der Waals surface area contributed by atoms with Gasteiger partial charge in [-0.25, -0.2) is 9.48 Å². The number of aliphatic hydroxyl groups is 3. The maximum Gasteiger partial charge on any atom is 0.333 e. The van der Waals surface area contributed by atoms with Gasteiger partial charge in [0.1, 0.15) is 12.3 Å². The first kappa shape index (κ1) is 22.3. The molecular weight excluding hydrogens is 398 g/mol. The Labute approximate surface area is 171 Å². The molecule has 3 heterocycles. The first-order valence-corrected chi connectivity index (χ1v) is 9.87. The molecule has 1 aliphatic heterocycles. The molecule has 166 valence electrons. The monoisotopic (exact) mass is 425 g/mol. The minimum absolute atomic E-state index is 0.0291. The summed E-state index contributed by atoms with van der Waals surface area (Å²) in [7, 11) is 0. The van der Waals surface area contributed by atoms with E-state index < -0.39 is 29.7 Å². The van der Waals surface area contributed by atoms with E-state index in [0.717, 1.165) is 10.3 Å². The zero-order valence-corrected chi connectivity index (χ0v) is 16.5. The van der Waals surface area contributed by atoms with E-state index in [1.54, 1.807) is 10.9 Å². The molecule has 0 spiro atoms. The number of hydrogen-bond donors (Lipinski definition) is 3. The molecule has 1 saturated heterocycles. The van der Waals surface area contributed by atoms with Gasteiger partial charge >= 0.3 is 5.69 Å². The summed E-state index contributed by atoms with van der Waals surface area (Å²) in [5.41, 5.74) is -0.212. The molecular formula is C18H27N5O7. The second-order valence-electron chi connectivity index (χ2n) is 7.02. The zero-order chi connectivity index (χ0) is 21.5. The van der Waals surface area contributed by atoms with Crippen molar-refractivity contribution in [1.82, 2.24) is 24.1 Å². The molecule has 3 atom stereocenters. The van der Waals surface area contributed by atoms with Crippen molar-refractivity contribution < 1.29 is 24.8 Å². The summed E-state index contributed by atoms with van der Waals surface area (Å²) in [4.78, 5) is 24.9. The predicted octanol–water partition coefficient (Wildman–Crippen LogP) is -2.12. The van der Waals surface area contributed by atoms with E-state index in [9.17, 15) is 19.8 Å². The smallest absolute Gasteiger partial charge is 0.333 e. The van der Waals surface area contributed by atoms with Crippen molar-refractivity contribution in [3.05, 3.63) is 45.0 Å². The Morgan fingerprint density at radius 3 is 2.80 bits per heavy atom. The number of nitrogens with zero attached hydrogens (tertiary/aromatic N) is 5. The van der Waals surface area contributed by atoms with Gasteiger partial charge in [-0.3, -0.25) is 13.9 Å². The molecule has 2 aromatic heterocycles. The first-order valence-electron chi connectivity index (χ1n) is 9.87. The molecule has 12 nitrogen and oxygen atoms in total. The fourth-order valence-corrected chi connectivity index (χ4v) is 3.31. The average molecular weight is 425 g/mol. The highest BCUT2D eigenvalue weighted by molar-refractivity contribution is 4.94. The van der Waals surface area contributed by atoms with Crippen LogP contribution in [-0.4, -0.2) is 78.1 Å². The molecule has 0 aliphatic carbocycles. The van der Waals surface area contributed by atoms with Crippen molar-refractivity contribution >= 4 is 0 Å². The van der Waals surface area contributed by atoms with Crippen molar-refractivity contribution in [3.63, 3.8) is 0 Å². The average Bonchev–Trinajstić information content (AvgIpc) is 3.34. The van der Waals surface area contributed by atoms with Gasteiger partial charge in [0.15, 0.2) is 0 Å². The van der Waals surface area contributed by atoms with Gasteiger partial charge in [0.2, 0.25) is 0 Å². The fraction of sp³-hybridized carbons (Fsp3) is 0.667. The van der Waals surface area contributed by atoms with E-state index in [1.165, 1.54) is 16.8 Å². The number of rotatable bonds is 11. The molecule has 0 aromatic carbocycles. The summed E-state index contributed by atoms with van der Waals surface area (Å²) in [5, 5.41) is 35.8. The van der Waals surface area contributed by atoms with Crippen LogP contribution in [0.2, 0.25) is 0 Å². The summed E-state index contributed by atoms with van der Waals surface area (Å²) >= 11 is 0. The highest BCUT2D eigenvalue weighted by atomic mass is 16.5. The molecule has 1 fully saturated rings. The summed E-state index contributed by atoms with van der Waals surface area (Å²) in [6, 6.07) is 1.28. The largest absolute Gasteiger partial charge is 0.394 e. The Morgan fingerprint density at radius 2 is 2.07 bits per heavy atom. The van der Waals surface area contributed by atoms with E-state index in [0.29, 0.717) is 26.0 Å². The van der Waals surface area contributed by atoms with Crippen molar-refractivity contribution in [1.29, 1.82) is 0 Å². The number of hydrogen-bond acceptors (Lipinski definition) is 9. The van der Waals surface area contributed by atoms with E-state index in [1.807, 2.05) is 0 Å². The third-order valence-electron chi connectivity index (χ3n) is 4.89. The third-order valence-corrected chi connectivity index (χ3v) is 4.89. The van der Waals surface area contributed by atoms with Crippen molar-refractivity contribution in [2.24, 2.45) is 0 Å². The third kappa shape index (κ3) is 5.40. The van der Waals surface area contributed by atoms with Gasteiger partial charge in [0.05, 0.1) is 44.8 Å². The van der Waals surface area contributed by atoms with Gasteiger partial charge in [-0.15, -0.1) is 5.10 Å². The SMILES string of the molecule is O=c1ccn([C@H]2C[C@H](O)[C@@H](CO)O2)c(=O)n1CCCc1cn(CCOCCO)nn1. The first-order chi connectivity index (χ1) is 14.5. The van der Waals surface area contributed by atoms with Crippen LogP contribution in [0, 0.1) is 0 Å². The Kier molecular flexibility index (Phi) is 7.87. The van der Waals surface area contributed by atoms with Crippen LogP contribution in [0.1, 0.15) is 24.8 Å². The second-order valence-corrected chi connectivity index (χ2v) is 7.02. The molecule has 3 rings (SSSR count). The Hall–Kier alpha value is -2.38. The van der Waals surface area contributed by atoms with E-state index in [4.69, 9.17) is 14.6 Å². The number of aliphatic hydroxyl groups excluding tert-OH is 3. The minimum atomic E-state index is -0.871. The molecule has 0 bridgehead atoms. The summed E-state index contributed by atoms with van der Waals surface area (Å²) < 4.78 is 14.7. The molecule has 2 aromatic rings. The van der Waals surface area contributed by atoms with Gasteiger partial charge in [0.25, 0.3) is 5.56 Å². The van der Waals surface area contributed by atoms with Crippen LogP contribution in [-0.2, 0) is 29.0 Å². The maximum atomic E-state index is 12.7. The summed E-state index contributed by atoms with van der Waals surface area (Å²) in [6.45, 7) is 1.02. The topological polar surface area (TPSA) is 154 Å². The molecule has 0 radical (unpaired) electrons. The lowest BCUT2D eigenvalue weighted by Gasteiger charge is -2.16. The van der Waals surface area contributed by atoms with Gasteiger partial charge in [0, 0.05) is 31.4 Å². The van der Waals surface area contributed by atoms with Gasteiger partial charge < -0.3 is 24.8 Å². The van der Waals surface area contributed by atoms with Crippen LogP contribution in [0.25, 0.3) is 0 Å². The maximum absolute atomic E-state index is 12.7. The number of aryl methyl sites for hydroxylation is 1. The Morgan fingerprint density at radius 1 is 1.23 bits per heavy atom. The standard InChI is InChI=1S/C18H27N5O7/c24-7-9-29-8-6-21-11-13(19-20-21)2-1-4-22-16(27)3-5-23(18(22)28)17-10-14(26)15(12-25)30-17/h3,5,11,14-15,17,24-26H,1-2,4,6-10,12H2/t14-,15+,17+/m0/s1. The van der Waals surface area contributed by atoms with Crippen LogP contribution in [0.4, 0.5) is 0 Å². The lowest BCUT2D eigenvalue weighted by Crippen LogP contribution is -2.40. The lowest BCUT2D eigenvalue weighted by atomic mass is 10.2. The second kappa shape index (κ2) is 10.6. The minimum Gasteiger partial charge on any atom is -0.394 e. The summed E-state index contributed by atoms with van der Waals surface area (Å²) in [6.07, 6.45) is 1.97. The lowest BCUT2D eigenvalue weighted by molar-refractivity contribution is -0.0463. The molecule has 0 amide bonds. The molecule has 0 unspecified atom stereocenters. The molecule has 1 aliphatic rings. The number of aromatic nitrogens is 5. The van der Waals surface area contributed by atoms with Gasteiger partial charge in [-0.2, -0.15) is 0 Å². The number of ether oxygens (including phenoxy) is 2. The molecule has 3 N–H and O–H groups in total. The normalized spacial score (nSPS) is 21.4. The van der Waals surface area contributed by atoms with Crippen molar-refractivity contribution in [2.75, 3.05) is 26.4 Å². The fourth-order valence-electron chi connectivity index (χ4n) is 3.31. The van der Waals surface area contributed by atoms with E-state index >= 15 is 0 Å². The van der Waals surface area contributed by atoms with Crippen molar-refractivity contribution in [3.8, 4) is 0 Å². The van der Waals surface area contributed by atoms with Crippen LogP contribution < -0.4 is 11.2 Å². The molecule has 12 heteroatoms. The highest BCUT2D eigenvalue weighted by Gasteiger charge is 2.35. The quantitative estimate of drug-likeness (QED) is 0.343. The van der Waals surface area contributed by atoms with E-state index in [2.05, 4.69) is 10.3 Å². The van der Waals surface area contributed by atoms with Gasteiger partial charge in [-0.05, 0) is 12.8 Å². The van der Waals surface area contributed by atoms with Crippen LogP contribution in [0.5, 0.6) is 0 Å². The van der Waals surface area contributed by atoms with Gasteiger partial charge in [-0.1, -0.05) is 5.21 Å². The molecule has 30 heavy (non-hydrogen) atoms. The van der Waals surface area contributed by atoms with Crippen LogP contribution in [0.15, 0.2) is 28.0 Å².